The molecule has 0 radical (unpaired) electrons. The SMILES string of the molecule is O=C(Nc1ccc(Nc2ccccc2)cc1)C1CCS(=O)(=O)C1. The van der Waals surface area contributed by atoms with Gasteiger partial charge in [-0.1, -0.05) is 18.2 Å². The molecular formula is C17H18N2O3S. The highest BCUT2D eigenvalue weighted by molar-refractivity contribution is 7.91. The van der Waals surface area contributed by atoms with Crippen LogP contribution in [0.5, 0.6) is 0 Å². The van der Waals surface area contributed by atoms with E-state index in [-0.39, 0.29) is 17.4 Å². The fourth-order valence-electron chi connectivity index (χ4n) is 2.57. The van der Waals surface area contributed by atoms with Gasteiger partial charge in [0, 0.05) is 17.1 Å². The Balaban J connectivity index is 1.60. The number of anilines is 3. The maximum absolute atomic E-state index is 12.1. The summed E-state index contributed by atoms with van der Waals surface area (Å²) in [4.78, 5) is 12.1. The lowest BCUT2D eigenvalue weighted by molar-refractivity contribution is -0.119. The molecular weight excluding hydrogens is 312 g/mol. The van der Waals surface area contributed by atoms with E-state index in [1.807, 2.05) is 42.5 Å². The second kappa shape index (κ2) is 6.42. The average molecular weight is 330 g/mol. The number of sulfone groups is 1. The molecule has 23 heavy (non-hydrogen) atoms. The number of carbonyl (C=O) groups excluding carboxylic acids is 1. The normalized spacial score (nSPS) is 19.2. The molecule has 0 bridgehead atoms. The number of rotatable bonds is 4. The predicted octanol–water partition coefficient (Wildman–Crippen LogP) is 2.80. The Morgan fingerprint density at radius 1 is 0.913 bits per heavy atom. The van der Waals surface area contributed by atoms with Gasteiger partial charge in [0.25, 0.3) is 0 Å². The van der Waals surface area contributed by atoms with Crippen LogP contribution in [-0.2, 0) is 14.6 Å². The van der Waals surface area contributed by atoms with Gasteiger partial charge < -0.3 is 10.6 Å². The first kappa shape index (κ1) is 15.6. The molecule has 6 heteroatoms. The number of para-hydroxylation sites is 1. The van der Waals surface area contributed by atoms with E-state index in [2.05, 4.69) is 10.6 Å². The molecule has 2 aromatic carbocycles. The summed E-state index contributed by atoms with van der Waals surface area (Å²) in [6.07, 6.45) is 0.405. The van der Waals surface area contributed by atoms with Gasteiger partial charge >= 0.3 is 0 Å². The fourth-order valence-corrected chi connectivity index (χ4v) is 4.31. The summed E-state index contributed by atoms with van der Waals surface area (Å²) in [7, 11) is -3.04. The first-order chi connectivity index (χ1) is 11.0. The molecule has 0 saturated carbocycles. The minimum atomic E-state index is -3.04. The summed E-state index contributed by atoms with van der Waals surface area (Å²) < 4.78 is 22.9. The topological polar surface area (TPSA) is 75.3 Å². The van der Waals surface area contributed by atoms with E-state index in [1.54, 1.807) is 12.1 Å². The lowest BCUT2D eigenvalue weighted by Gasteiger charge is -2.11. The van der Waals surface area contributed by atoms with Crippen molar-refractivity contribution in [2.45, 2.75) is 6.42 Å². The number of benzene rings is 2. The van der Waals surface area contributed by atoms with Gasteiger partial charge in [0.1, 0.15) is 0 Å². The van der Waals surface area contributed by atoms with Crippen LogP contribution < -0.4 is 10.6 Å². The summed E-state index contributed by atoms with van der Waals surface area (Å²) in [5, 5.41) is 6.04. The molecule has 120 valence electrons. The second-order valence-corrected chi connectivity index (χ2v) is 7.89. The quantitative estimate of drug-likeness (QED) is 0.904. The first-order valence-corrected chi connectivity index (χ1v) is 9.27. The fraction of sp³-hybridized carbons (Fsp3) is 0.235. The van der Waals surface area contributed by atoms with E-state index in [4.69, 9.17) is 0 Å². The van der Waals surface area contributed by atoms with Crippen LogP contribution in [0.25, 0.3) is 0 Å². The summed E-state index contributed by atoms with van der Waals surface area (Å²) in [6.45, 7) is 0. The zero-order chi connectivity index (χ0) is 16.3. The van der Waals surface area contributed by atoms with E-state index in [1.165, 1.54) is 0 Å². The minimum Gasteiger partial charge on any atom is -0.356 e. The van der Waals surface area contributed by atoms with Crippen LogP contribution in [0.15, 0.2) is 54.6 Å². The maximum atomic E-state index is 12.1. The van der Waals surface area contributed by atoms with Gasteiger partial charge in [-0.15, -0.1) is 0 Å². The highest BCUT2D eigenvalue weighted by Crippen LogP contribution is 2.22. The zero-order valence-electron chi connectivity index (χ0n) is 12.5. The lowest BCUT2D eigenvalue weighted by atomic mass is 10.1. The molecule has 1 aliphatic rings. The molecule has 1 unspecified atom stereocenters. The van der Waals surface area contributed by atoms with Crippen LogP contribution in [0.4, 0.5) is 17.1 Å². The van der Waals surface area contributed by atoms with E-state index in [9.17, 15) is 13.2 Å². The van der Waals surface area contributed by atoms with Crippen LogP contribution in [0.3, 0.4) is 0 Å². The minimum absolute atomic E-state index is 0.0491. The molecule has 2 aromatic rings. The zero-order valence-corrected chi connectivity index (χ0v) is 13.3. The number of carbonyl (C=O) groups is 1. The smallest absolute Gasteiger partial charge is 0.228 e. The highest BCUT2D eigenvalue weighted by Gasteiger charge is 2.32. The molecule has 5 nitrogen and oxygen atoms in total. The molecule has 0 aromatic heterocycles. The molecule has 1 amide bonds. The standard InChI is InChI=1S/C17H18N2O3S/c20-17(13-10-11-23(21,22)12-13)19-16-8-6-15(7-9-16)18-14-4-2-1-3-5-14/h1-9,13,18H,10-12H2,(H,19,20). The van der Waals surface area contributed by atoms with Crippen molar-refractivity contribution in [1.82, 2.24) is 0 Å². The van der Waals surface area contributed by atoms with E-state index < -0.39 is 15.8 Å². The Hall–Kier alpha value is -2.34. The maximum Gasteiger partial charge on any atom is 0.228 e. The van der Waals surface area contributed by atoms with Crippen molar-refractivity contribution in [3.8, 4) is 0 Å². The number of hydrogen-bond acceptors (Lipinski definition) is 4. The largest absolute Gasteiger partial charge is 0.356 e. The average Bonchev–Trinajstić information content (AvgIpc) is 2.90. The molecule has 1 aliphatic heterocycles. The third-order valence-electron chi connectivity index (χ3n) is 3.82. The van der Waals surface area contributed by atoms with Crippen molar-refractivity contribution in [1.29, 1.82) is 0 Å². The van der Waals surface area contributed by atoms with Crippen molar-refractivity contribution in [2.24, 2.45) is 5.92 Å². The third-order valence-corrected chi connectivity index (χ3v) is 5.59. The molecule has 1 heterocycles. The Bertz CT molecular complexity index is 786. The summed E-state index contributed by atoms with van der Waals surface area (Å²) >= 11 is 0. The molecule has 3 rings (SSSR count). The molecule has 1 saturated heterocycles. The van der Waals surface area contributed by atoms with Crippen molar-refractivity contribution < 1.29 is 13.2 Å². The van der Waals surface area contributed by atoms with E-state index in [0.29, 0.717) is 12.1 Å². The highest BCUT2D eigenvalue weighted by atomic mass is 32.2. The predicted molar refractivity (Wildman–Crippen MR) is 91.6 cm³/mol. The Morgan fingerprint density at radius 2 is 1.52 bits per heavy atom. The third kappa shape index (κ3) is 4.10. The summed E-state index contributed by atoms with van der Waals surface area (Å²) in [6, 6.07) is 17.1. The van der Waals surface area contributed by atoms with Gasteiger partial charge in [0.05, 0.1) is 17.4 Å². The number of nitrogens with one attached hydrogen (secondary N) is 2. The van der Waals surface area contributed by atoms with Crippen LogP contribution >= 0.6 is 0 Å². The Labute approximate surface area is 135 Å². The monoisotopic (exact) mass is 330 g/mol. The molecule has 1 atom stereocenters. The summed E-state index contributed by atoms with van der Waals surface area (Å²) in [5.74, 6) is -0.616. The second-order valence-electron chi connectivity index (χ2n) is 5.66. The van der Waals surface area contributed by atoms with Gasteiger partial charge in [0.2, 0.25) is 5.91 Å². The lowest BCUT2D eigenvalue weighted by Crippen LogP contribution is -2.23. The van der Waals surface area contributed by atoms with E-state index >= 15 is 0 Å². The van der Waals surface area contributed by atoms with Gasteiger partial charge in [0.15, 0.2) is 9.84 Å². The van der Waals surface area contributed by atoms with Crippen LogP contribution in [0.1, 0.15) is 6.42 Å². The van der Waals surface area contributed by atoms with Crippen molar-refractivity contribution in [2.75, 3.05) is 22.1 Å². The van der Waals surface area contributed by atoms with Crippen molar-refractivity contribution in [3.63, 3.8) is 0 Å². The Kier molecular flexibility index (Phi) is 4.34. The van der Waals surface area contributed by atoms with Crippen LogP contribution in [0, 0.1) is 5.92 Å². The summed E-state index contributed by atoms with van der Waals surface area (Å²) in [5.41, 5.74) is 2.57. The van der Waals surface area contributed by atoms with Gasteiger partial charge in [-0.2, -0.15) is 0 Å². The van der Waals surface area contributed by atoms with Gasteiger partial charge in [-0.05, 0) is 42.8 Å². The van der Waals surface area contributed by atoms with Crippen molar-refractivity contribution >= 4 is 32.8 Å². The van der Waals surface area contributed by atoms with Gasteiger partial charge in [-0.25, -0.2) is 8.42 Å². The molecule has 2 N–H and O–H groups in total. The molecule has 1 fully saturated rings. The van der Waals surface area contributed by atoms with Crippen molar-refractivity contribution in [3.05, 3.63) is 54.6 Å². The van der Waals surface area contributed by atoms with Gasteiger partial charge in [-0.3, -0.25) is 4.79 Å². The van der Waals surface area contributed by atoms with Crippen LogP contribution in [0.2, 0.25) is 0 Å². The number of amides is 1. The van der Waals surface area contributed by atoms with E-state index in [0.717, 1.165) is 11.4 Å². The number of hydrogen-bond donors (Lipinski definition) is 2. The first-order valence-electron chi connectivity index (χ1n) is 7.45. The molecule has 0 aliphatic carbocycles. The molecule has 0 spiro atoms. The van der Waals surface area contributed by atoms with Crippen LogP contribution in [-0.4, -0.2) is 25.8 Å². The Morgan fingerprint density at radius 3 is 2.13 bits per heavy atom.